The van der Waals surface area contributed by atoms with Gasteiger partial charge in [0.05, 0.1) is 22.3 Å². The van der Waals surface area contributed by atoms with Crippen molar-refractivity contribution in [2.45, 2.75) is 31.9 Å². The van der Waals surface area contributed by atoms with Crippen molar-refractivity contribution in [3.63, 3.8) is 0 Å². The molecule has 1 N–H and O–H groups in total. The van der Waals surface area contributed by atoms with Crippen LogP contribution in [0.15, 0.2) is 54.7 Å². The molecule has 0 saturated carbocycles. The van der Waals surface area contributed by atoms with Gasteiger partial charge in [-0.25, -0.2) is 4.79 Å². The number of nitrogens with zero attached hydrogens (tertiary/aromatic N) is 3. The van der Waals surface area contributed by atoms with Crippen LogP contribution in [0.2, 0.25) is 4.34 Å². The second kappa shape index (κ2) is 10.2. The summed E-state index contributed by atoms with van der Waals surface area (Å²) in [5.74, 6) is -0.220. The fraction of sp³-hybridized carbons (Fsp3) is 0.360. The highest BCUT2D eigenvalue weighted by molar-refractivity contribution is 7.18. The van der Waals surface area contributed by atoms with E-state index in [2.05, 4.69) is 33.1 Å². The molecule has 0 radical (unpaired) electrons. The largest absolute Gasteiger partial charge is 0.442 e. The number of aromatic nitrogens is 1. The average molecular weight is 499 g/mol. The molecule has 0 spiro atoms. The van der Waals surface area contributed by atoms with E-state index < -0.39 is 12.2 Å². The number of nitrogens with one attached hydrogen (secondary N) is 1. The molecule has 34 heavy (non-hydrogen) atoms. The number of carbonyl (C=O) groups is 2. The van der Waals surface area contributed by atoms with Gasteiger partial charge in [-0.1, -0.05) is 18.0 Å². The minimum atomic E-state index is -0.410. The van der Waals surface area contributed by atoms with Gasteiger partial charge in [0, 0.05) is 29.8 Å². The lowest BCUT2D eigenvalue weighted by Gasteiger charge is -2.27. The molecule has 0 aliphatic carbocycles. The minimum Gasteiger partial charge on any atom is -0.442 e. The molecule has 2 amide bonds. The third-order valence-corrected chi connectivity index (χ3v) is 7.50. The predicted molar refractivity (Wildman–Crippen MR) is 134 cm³/mol. The van der Waals surface area contributed by atoms with Crippen LogP contribution in [-0.4, -0.2) is 53.8 Å². The van der Waals surface area contributed by atoms with E-state index in [1.54, 1.807) is 17.0 Å². The number of thiophene rings is 1. The number of ether oxygens (including phenoxy) is 1. The fourth-order valence-corrected chi connectivity index (χ4v) is 5.46. The maximum Gasteiger partial charge on any atom is 0.414 e. The topological polar surface area (TPSA) is 66.8 Å². The number of carbonyl (C=O) groups excluding carboxylic acids is 2. The summed E-state index contributed by atoms with van der Waals surface area (Å²) in [6, 6.07) is 15.5. The summed E-state index contributed by atoms with van der Waals surface area (Å²) in [6.45, 7) is 3.89. The zero-order chi connectivity index (χ0) is 23.5. The summed E-state index contributed by atoms with van der Waals surface area (Å²) in [4.78, 5) is 29.3. The van der Waals surface area contributed by atoms with Gasteiger partial charge in [0.1, 0.15) is 6.10 Å². The van der Waals surface area contributed by atoms with Crippen molar-refractivity contribution < 1.29 is 14.3 Å². The van der Waals surface area contributed by atoms with Crippen molar-refractivity contribution in [1.29, 1.82) is 0 Å². The van der Waals surface area contributed by atoms with Gasteiger partial charge in [-0.2, -0.15) is 0 Å². The predicted octanol–water partition coefficient (Wildman–Crippen LogP) is 4.93. The lowest BCUT2D eigenvalue weighted by molar-refractivity contribution is 0.0920. The van der Waals surface area contributed by atoms with Crippen LogP contribution in [-0.2, 0) is 11.3 Å². The molecule has 2 aliphatic rings. The molecule has 4 heterocycles. The van der Waals surface area contributed by atoms with E-state index in [-0.39, 0.29) is 12.5 Å². The van der Waals surface area contributed by atoms with Crippen LogP contribution in [0, 0.1) is 0 Å². The number of hydrogen-bond donors (Lipinski definition) is 1. The van der Waals surface area contributed by atoms with Gasteiger partial charge in [-0.3, -0.25) is 14.6 Å². The Morgan fingerprint density at radius 2 is 1.82 bits per heavy atom. The number of rotatable bonds is 7. The molecule has 1 aromatic carbocycles. The maximum absolute atomic E-state index is 12.5. The summed E-state index contributed by atoms with van der Waals surface area (Å²) >= 11 is 7.11. The molecule has 5 rings (SSSR count). The van der Waals surface area contributed by atoms with Crippen molar-refractivity contribution in [2.24, 2.45) is 0 Å². The first-order valence-corrected chi connectivity index (χ1v) is 12.8. The Kier molecular flexibility index (Phi) is 6.89. The molecule has 0 bridgehead atoms. The Morgan fingerprint density at radius 3 is 2.56 bits per heavy atom. The second-order valence-corrected chi connectivity index (χ2v) is 10.4. The molecule has 3 aromatic rings. The van der Waals surface area contributed by atoms with Gasteiger partial charge in [0.25, 0.3) is 5.91 Å². The maximum atomic E-state index is 12.5. The zero-order valence-electron chi connectivity index (χ0n) is 18.8. The van der Waals surface area contributed by atoms with Crippen molar-refractivity contribution in [1.82, 2.24) is 14.8 Å². The van der Waals surface area contributed by atoms with Crippen LogP contribution in [0.25, 0.3) is 5.69 Å². The van der Waals surface area contributed by atoms with Crippen LogP contribution in [0.1, 0.15) is 34.6 Å². The number of hydrogen-bond acceptors (Lipinski definition) is 5. The number of benzene rings is 1. The number of cyclic esters (lactones) is 1. The monoisotopic (exact) mass is 498 g/mol. The smallest absolute Gasteiger partial charge is 0.414 e. The molecule has 1 atom stereocenters. The highest BCUT2D eigenvalue weighted by Crippen LogP contribution is 2.25. The first-order valence-electron chi connectivity index (χ1n) is 11.6. The number of piperidine rings is 1. The lowest BCUT2D eigenvalue weighted by Crippen LogP contribution is -2.34. The van der Waals surface area contributed by atoms with E-state index in [1.807, 2.05) is 24.3 Å². The normalized spacial score (nSPS) is 18.8. The molecular formula is C25H27ClN4O3S. The third kappa shape index (κ3) is 5.14. The van der Waals surface area contributed by atoms with Gasteiger partial charge in [-0.15, -0.1) is 11.3 Å². The van der Waals surface area contributed by atoms with Gasteiger partial charge in [-0.05, 0) is 74.5 Å². The quantitative estimate of drug-likeness (QED) is 0.501. The lowest BCUT2D eigenvalue weighted by atomic mass is 10.1. The Bertz CT molecular complexity index is 1150. The summed E-state index contributed by atoms with van der Waals surface area (Å²) in [5.41, 5.74) is 3.10. The number of anilines is 1. The van der Waals surface area contributed by atoms with E-state index in [1.165, 1.54) is 36.3 Å². The molecule has 9 heteroatoms. The highest BCUT2D eigenvalue weighted by Gasteiger charge is 2.32. The second-order valence-electron chi connectivity index (χ2n) is 8.65. The average Bonchev–Trinajstić information content (AvgIpc) is 3.58. The zero-order valence-corrected chi connectivity index (χ0v) is 20.4. The number of halogens is 1. The highest BCUT2D eigenvalue weighted by atomic mass is 35.5. The van der Waals surface area contributed by atoms with E-state index in [0.717, 1.165) is 31.0 Å². The molecule has 7 nitrogen and oxygen atoms in total. The Balaban J connectivity index is 1.20. The Hall–Kier alpha value is -2.81. The Morgan fingerprint density at radius 1 is 1.06 bits per heavy atom. The van der Waals surface area contributed by atoms with E-state index >= 15 is 0 Å². The molecule has 2 aromatic heterocycles. The molecule has 2 saturated heterocycles. The summed E-state index contributed by atoms with van der Waals surface area (Å²) in [7, 11) is 0. The molecule has 178 valence electrons. The fourth-order valence-electron chi connectivity index (χ4n) is 4.51. The van der Waals surface area contributed by atoms with Gasteiger partial charge < -0.3 is 14.6 Å². The first kappa shape index (κ1) is 23.0. The standard InChI is InChI=1S/C25H27ClN4O3S/c26-23-11-10-22(34-23)24(31)27-15-21-17-30(25(32)33-21)19-8-6-18(7-9-19)29-14-4-5-20(29)16-28-12-2-1-3-13-28/h4-11,14,21H,1-3,12-13,15-17H2,(H,27,31)/t21-/m0/s1. The molecular weight excluding hydrogens is 472 g/mol. The van der Waals surface area contributed by atoms with Crippen LogP contribution in [0.5, 0.6) is 0 Å². The summed E-state index contributed by atoms with van der Waals surface area (Å²) < 4.78 is 8.23. The van der Waals surface area contributed by atoms with Crippen LogP contribution < -0.4 is 10.2 Å². The molecule has 2 aliphatic heterocycles. The van der Waals surface area contributed by atoms with E-state index in [4.69, 9.17) is 16.3 Å². The van der Waals surface area contributed by atoms with E-state index in [9.17, 15) is 9.59 Å². The first-order chi connectivity index (χ1) is 16.6. The van der Waals surface area contributed by atoms with Crippen LogP contribution >= 0.6 is 22.9 Å². The van der Waals surface area contributed by atoms with Crippen LogP contribution in [0.4, 0.5) is 10.5 Å². The third-order valence-electron chi connectivity index (χ3n) is 6.27. The van der Waals surface area contributed by atoms with Crippen molar-refractivity contribution in [2.75, 3.05) is 31.1 Å². The number of amides is 2. The van der Waals surface area contributed by atoms with Crippen molar-refractivity contribution in [3.05, 3.63) is 69.6 Å². The summed E-state index contributed by atoms with van der Waals surface area (Å²) in [5, 5.41) is 2.82. The van der Waals surface area contributed by atoms with Crippen LogP contribution in [0.3, 0.4) is 0 Å². The van der Waals surface area contributed by atoms with Gasteiger partial charge >= 0.3 is 6.09 Å². The molecule has 2 fully saturated rings. The summed E-state index contributed by atoms with van der Waals surface area (Å²) in [6.07, 6.45) is 5.14. The van der Waals surface area contributed by atoms with Gasteiger partial charge in [0.15, 0.2) is 0 Å². The van der Waals surface area contributed by atoms with Crippen molar-refractivity contribution >= 4 is 40.6 Å². The van der Waals surface area contributed by atoms with Gasteiger partial charge in [0.2, 0.25) is 0 Å². The molecule has 0 unspecified atom stereocenters. The van der Waals surface area contributed by atoms with Crippen molar-refractivity contribution in [3.8, 4) is 5.69 Å². The Labute approximate surface area is 207 Å². The number of likely N-dealkylation sites (tertiary alicyclic amines) is 1. The minimum absolute atomic E-state index is 0.220. The van der Waals surface area contributed by atoms with E-state index in [0.29, 0.717) is 15.8 Å². The SMILES string of the molecule is O=C(NC[C@H]1CN(c2ccc(-n3cccc3CN3CCCCC3)cc2)C(=O)O1)c1ccc(Cl)s1.